The fraction of sp³-hybridized carbons (Fsp3) is 0.500. The molecule has 0 spiro atoms. The van der Waals surface area contributed by atoms with Gasteiger partial charge in [-0.2, -0.15) is 0 Å². The number of rotatable bonds is 1. The van der Waals surface area contributed by atoms with E-state index in [9.17, 15) is 0 Å². The van der Waals surface area contributed by atoms with Crippen LogP contribution in [0.25, 0.3) is 0 Å². The Balaban J connectivity index is 2.77. The lowest BCUT2D eigenvalue weighted by molar-refractivity contribution is 0.599. The highest BCUT2D eigenvalue weighted by Gasteiger charge is 1.91. The molecule has 0 unspecified atom stereocenters. The minimum Gasteiger partial charge on any atom is -0.334 e. The van der Waals surface area contributed by atoms with Crippen molar-refractivity contribution in [3.63, 3.8) is 0 Å². The van der Waals surface area contributed by atoms with Gasteiger partial charge in [0.2, 0.25) is 0 Å². The first-order valence-electron chi connectivity index (χ1n) is 2.70. The van der Waals surface area contributed by atoms with E-state index in [1.807, 2.05) is 10.8 Å². The Labute approximate surface area is 49.2 Å². The number of hydrogen-bond acceptors (Lipinski definition) is 1. The Kier molecular flexibility index (Phi) is 1.33. The molecule has 0 N–H and O–H groups in total. The van der Waals surface area contributed by atoms with Gasteiger partial charge in [-0.1, -0.05) is 0 Å². The fourth-order valence-corrected chi connectivity index (χ4v) is 0.516. The van der Waals surface area contributed by atoms with Gasteiger partial charge in [-0.3, -0.25) is 0 Å². The molecule has 43 valence electrons. The first kappa shape index (κ1) is 5.35. The van der Waals surface area contributed by atoms with Crippen LogP contribution in [0.4, 0.5) is 0 Å². The zero-order valence-corrected chi connectivity index (χ0v) is 5.13. The average molecular weight is 109 g/mol. The topological polar surface area (TPSA) is 17.8 Å². The van der Waals surface area contributed by atoms with Gasteiger partial charge in [-0.05, 0) is 13.8 Å². The molecule has 0 aliphatic rings. The van der Waals surface area contributed by atoms with Gasteiger partial charge in [-0.15, -0.1) is 0 Å². The maximum atomic E-state index is 3.78. The van der Waals surface area contributed by atoms with Crippen molar-refractivity contribution in [3.8, 4) is 0 Å². The highest BCUT2D eigenvalue weighted by Crippen LogP contribution is 1.99. The molecule has 0 aliphatic carbocycles. The summed E-state index contributed by atoms with van der Waals surface area (Å²) in [5.74, 6) is 0. The molecule has 1 aromatic heterocycles. The van der Waals surface area contributed by atoms with E-state index in [0.29, 0.717) is 6.04 Å². The predicted molar refractivity (Wildman–Crippen MR) is 31.4 cm³/mol. The molecular weight excluding hydrogens is 100 g/mol. The maximum Gasteiger partial charge on any atom is 0.108 e. The van der Waals surface area contributed by atoms with Crippen LogP contribution in [-0.4, -0.2) is 9.55 Å². The maximum absolute atomic E-state index is 3.78. The highest BCUT2D eigenvalue weighted by atomic mass is 15.0. The molecule has 0 fully saturated rings. The van der Waals surface area contributed by atoms with E-state index in [0.717, 1.165) is 0 Å². The van der Waals surface area contributed by atoms with Gasteiger partial charge in [0.25, 0.3) is 0 Å². The molecule has 0 atom stereocenters. The summed E-state index contributed by atoms with van der Waals surface area (Å²) in [6.07, 6.45) is 6.33. The molecule has 0 aromatic carbocycles. The molecule has 8 heavy (non-hydrogen) atoms. The number of aromatic nitrogens is 2. The van der Waals surface area contributed by atoms with Crippen LogP contribution < -0.4 is 0 Å². The second-order valence-electron chi connectivity index (χ2n) is 2.04. The molecule has 1 radical (unpaired) electrons. The Hall–Kier alpha value is -0.790. The lowest BCUT2D eigenvalue weighted by atomic mass is 10.4. The Morgan fingerprint density at radius 2 is 2.38 bits per heavy atom. The summed E-state index contributed by atoms with van der Waals surface area (Å²) in [5, 5.41) is 0. The van der Waals surface area contributed by atoms with Gasteiger partial charge in [0.05, 0.1) is 6.33 Å². The molecule has 0 aliphatic heterocycles. The average Bonchev–Trinajstić information content (AvgIpc) is 2.12. The van der Waals surface area contributed by atoms with Crippen LogP contribution in [0.1, 0.15) is 19.9 Å². The van der Waals surface area contributed by atoms with Crippen molar-refractivity contribution in [3.05, 3.63) is 18.7 Å². The summed E-state index contributed by atoms with van der Waals surface area (Å²) in [7, 11) is 0. The monoisotopic (exact) mass is 109 g/mol. The normalized spacial score (nSPS) is 10.4. The van der Waals surface area contributed by atoms with Crippen molar-refractivity contribution in [2.45, 2.75) is 19.9 Å². The molecule has 0 bridgehead atoms. The van der Waals surface area contributed by atoms with Crippen LogP contribution in [0.2, 0.25) is 0 Å². The molecular formula is C6H9N2. The van der Waals surface area contributed by atoms with Crippen LogP contribution in [0.5, 0.6) is 0 Å². The van der Waals surface area contributed by atoms with Crippen molar-refractivity contribution in [1.29, 1.82) is 0 Å². The van der Waals surface area contributed by atoms with Gasteiger partial charge in [-0.25, -0.2) is 4.98 Å². The van der Waals surface area contributed by atoms with Gasteiger partial charge < -0.3 is 4.57 Å². The Bertz CT molecular complexity index is 142. The smallest absolute Gasteiger partial charge is 0.108 e. The van der Waals surface area contributed by atoms with Crippen LogP contribution in [0.3, 0.4) is 0 Å². The minimum absolute atomic E-state index is 0.508. The van der Waals surface area contributed by atoms with E-state index in [4.69, 9.17) is 0 Å². The van der Waals surface area contributed by atoms with E-state index in [2.05, 4.69) is 25.0 Å². The van der Waals surface area contributed by atoms with Gasteiger partial charge >= 0.3 is 0 Å². The standard InChI is InChI=1S/C6H9N2/c1-6(2)8-4-3-7-5-8/h4-6H,1-2H3. The quantitative estimate of drug-likeness (QED) is 0.531. The summed E-state index contributed by atoms with van der Waals surface area (Å²) in [4.78, 5) is 3.78. The number of nitrogens with zero attached hydrogens (tertiary/aromatic N) is 2. The second-order valence-corrected chi connectivity index (χ2v) is 2.04. The summed E-state index contributed by atoms with van der Waals surface area (Å²) < 4.78 is 2.00. The molecule has 0 amide bonds. The molecule has 1 aromatic rings. The first-order chi connectivity index (χ1) is 3.80. The third kappa shape index (κ3) is 0.886. The van der Waals surface area contributed by atoms with Crippen LogP contribution in [-0.2, 0) is 0 Å². The lowest BCUT2D eigenvalue weighted by Gasteiger charge is -2.02. The molecule has 0 saturated carbocycles. The summed E-state index contributed by atoms with van der Waals surface area (Å²) in [5.41, 5.74) is 0. The third-order valence-corrected chi connectivity index (χ3v) is 1.07. The Morgan fingerprint density at radius 3 is 2.62 bits per heavy atom. The third-order valence-electron chi connectivity index (χ3n) is 1.07. The summed E-state index contributed by atoms with van der Waals surface area (Å²) in [6, 6.07) is 0.508. The minimum atomic E-state index is 0.508. The predicted octanol–water partition coefficient (Wildman–Crippen LogP) is 1.26. The summed E-state index contributed by atoms with van der Waals surface area (Å²) >= 11 is 0. The van der Waals surface area contributed by atoms with E-state index in [1.54, 1.807) is 6.33 Å². The van der Waals surface area contributed by atoms with E-state index in [1.165, 1.54) is 0 Å². The van der Waals surface area contributed by atoms with Crippen molar-refractivity contribution in [2.75, 3.05) is 0 Å². The molecule has 0 saturated heterocycles. The highest BCUT2D eigenvalue weighted by molar-refractivity contribution is 4.74. The fourth-order valence-electron chi connectivity index (χ4n) is 0.516. The number of hydrogen-bond donors (Lipinski definition) is 0. The van der Waals surface area contributed by atoms with Crippen LogP contribution in [0, 0.1) is 6.20 Å². The molecule has 1 rings (SSSR count). The van der Waals surface area contributed by atoms with Crippen molar-refractivity contribution in [2.24, 2.45) is 0 Å². The lowest BCUT2D eigenvalue weighted by Crippen LogP contribution is -1.95. The van der Waals surface area contributed by atoms with Crippen molar-refractivity contribution in [1.82, 2.24) is 9.55 Å². The summed E-state index contributed by atoms with van der Waals surface area (Å²) in [6.45, 7) is 4.21. The van der Waals surface area contributed by atoms with E-state index in [-0.39, 0.29) is 0 Å². The van der Waals surface area contributed by atoms with Crippen LogP contribution >= 0.6 is 0 Å². The number of imidazole rings is 1. The zero-order valence-electron chi connectivity index (χ0n) is 5.13. The van der Waals surface area contributed by atoms with E-state index >= 15 is 0 Å². The molecule has 2 heteroatoms. The first-order valence-corrected chi connectivity index (χ1v) is 2.70. The van der Waals surface area contributed by atoms with E-state index < -0.39 is 0 Å². The van der Waals surface area contributed by atoms with Gasteiger partial charge in [0.1, 0.15) is 6.20 Å². The van der Waals surface area contributed by atoms with Gasteiger partial charge in [0, 0.05) is 12.2 Å². The van der Waals surface area contributed by atoms with Crippen molar-refractivity contribution < 1.29 is 0 Å². The molecule has 1 heterocycles. The van der Waals surface area contributed by atoms with Gasteiger partial charge in [0.15, 0.2) is 0 Å². The van der Waals surface area contributed by atoms with Crippen LogP contribution in [0.15, 0.2) is 12.5 Å². The second kappa shape index (κ2) is 1.99. The largest absolute Gasteiger partial charge is 0.334 e. The molecule has 2 nitrogen and oxygen atoms in total. The SMILES string of the molecule is CC(C)n1c[c]nc1. The Morgan fingerprint density at radius 1 is 1.62 bits per heavy atom. The zero-order chi connectivity index (χ0) is 5.98. The van der Waals surface area contributed by atoms with Crippen molar-refractivity contribution >= 4 is 0 Å².